The van der Waals surface area contributed by atoms with Crippen molar-refractivity contribution in [2.45, 2.75) is 24.5 Å². The first-order valence-corrected chi connectivity index (χ1v) is 7.96. The van der Waals surface area contributed by atoms with Crippen molar-refractivity contribution in [1.82, 2.24) is 19.5 Å². The number of aromatic nitrogens is 4. The van der Waals surface area contributed by atoms with Crippen LogP contribution in [0.3, 0.4) is 0 Å². The molecular formula is C10H14N5O7P. The Morgan fingerprint density at radius 2 is 2.13 bits per heavy atom. The second-order valence-electron chi connectivity index (χ2n) is 4.88. The lowest BCUT2D eigenvalue weighted by Gasteiger charge is -2.21. The number of nitrogens with zero attached hydrogens (tertiary/aromatic N) is 4. The zero-order valence-electron chi connectivity index (χ0n) is 11.5. The number of nitrogen functional groups attached to an aromatic ring is 1. The van der Waals surface area contributed by atoms with Crippen LogP contribution in [-0.2, 0) is 13.8 Å². The topological polar surface area (TPSA) is 186 Å². The molecule has 4 atom stereocenters. The summed E-state index contributed by atoms with van der Waals surface area (Å²) >= 11 is 0. The van der Waals surface area contributed by atoms with Crippen LogP contribution in [0.5, 0.6) is 0 Å². The van der Waals surface area contributed by atoms with Gasteiger partial charge in [0.1, 0.15) is 30.2 Å². The number of ether oxygens (including phenoxy) is 1. The van der Waals surface area contributed by atoms with E-state index in [1.807, 2.05) is 0 Å². The molecule has 0 radical (unpaired) electrons. The van der Waals surface area contributed by atoms with Gasteiger partial charge in [0.2, 0.25) is 0 Å². The van der Waals surface area contributed by atoms with Gasteiger partial charge >= 0.3 is 7.82 Å². The van der Waals surface area contributed by atoms with Crippen LogP contribution < -0.4 is 5.73 Å². The molecule has 6 N–H and O–H groups in total. The van der Waals surface area contributed by atoms with Gasteiger partial charge in [-0.15, -0.1) is 0 Å². The standard InChI is InChI=1S/C10H14N5O7P/c11-8-5-9(13-2-12-8)15(3-14-5)10-7(22-23(18,19)20)6(17)4(1-16)21-10/h2-4,6-7,10,16-17H,1H2,(H2,11,12,13)(H2,18,19,20)/t4-,6+,7+,10-/m1/s1. The Bertz CT molecular complexity index is 763. The molecule has 0 bridgehead atoms. The summed E-state index contributed by atoms with van der Waals surface area (Å²) in [6, 6.07) is 0. The number of nitrogens with two attached hydrogens (primary N) is 1. The number of hydrogen-bond acceptors (Lipinski definition) is 9. The second-order valence-corrected chi connectivity index (χ2v) is 6.07. The van der Waals surface area contributed by atoms with E-state index >= 15 is 0 Å². The van der Waals surface area contributed by atoms with E-state index in [1.54, 1.807) is 0 Å². The fourth-order valence-corrected chi connectivity index (χ4v) is 2.97. The molecule has 1 aliphatic heterocycles. The molecule has 23 heavy (non-hydrogen) atoms. The van der Waals surface area contributed by atoms with Gasteiger partial charge in [-0.1, -0.05) is 0 Å². The lowest BCUT2D eigenvalue weighted by molar-refractivity contribution is -0.0505. The molecule has 1 fully saturated rings. The maximum absolute atomic E-state index is 11.1. The van der Waals surface area contributed by atoms with Gasteiger partial charge in [-0.3, -0.25) is 9.09 Å². The summed E-state index contributed by atoms with van der Waals surface area (Å²) in [6.45, 7) is -0.567. The Morgan fingerprint density at radius 1 is 1.39 bits per heavy atom. The predicted molar refractivity (Wildman–Crippen MR) is 73.7 cm³/mol. The van der Waals surface area contributed by atoms with Crippen molar-refractivity contribution in [2.24, 2.45) is 0 Å². The number of phosphoric ester groups is 1. The molecule has 2 aromatic rings. The summed E-state index contributed by atoms with van der Waals surface area (Å²) < 4.78 is 22.5. The van der Waals surface area contributed by atoms with E-state index in [4.69, 9.17) is 20.3 Å². The maximum atomic E-state index is 11.1. The monoisotopic (exact) mass is 347 g/mol. The number of phosphoric acid groups is 1. The minimum absolute atomic E-state index is 0.110. The largest absolute Gasteiger partial charge is 0.470 e. The number of aliphatic hydroxyl groups excluding tert-OH is 2. The van der Waals surface area contributed by atoms with Gasteiger partial charge in [0, 0.05) is 0 Å². The van der Waals surface area contributed by atoms with Crippen molar-refractivity contribution < 1.29 is 33.8 Å². The highest BCUT2D eigenvalue weighted by molar-refractivity contribution is 7.46. The number of imidazole rings is 1. The SMILES string of the molecule is Nc1ncnc2c1ncn2[C@@H]1O[C@H](CO)[C@H](O)[C@@H]1OP(=O)(O)O. The Labute approximate surface area is 128 Å². The highest BCUT2D eigenvalue weighted by Gasteiger charge is 2.48. The van der Waals surface area contributed by atoms with E-state index in [1.165, 1.54) is 17.2 Å². The molecule has 13 heteroatoms. The van der Waals surface area contributed by atoms with Crippen molar-refractivity contribution in [2.75, 3.05) is 12.3 Å². The van der Waals surface area contributed by atoms with Crippen LogP contribution in [0, 0.1) is 0 Å². The van der Waals surface area contributed by atoms with Crippen LogP contribution >= 0.6 is 7.82 Å². The quantitative estimate of drug-likeness (QED) is 0.390. The van der Waals surface area contributed by atoms with Gasteiger partial charge in [0.15, 0.2) is 17.7 Å². The molecule has 0 aliphatic carbocycles. The minimum Gasteiger partial charge on any atom is -0.394 e. The van der Waals surface area contributed by atoms with Crippen LogP contribution in [0.15, 0.2) is 12.7 Å². The molecule has 3 heterocycles. The van der Waals surface area contributed by atoms with E-state index in [0.29, 0.717) is 0 Å². The molecule has 0 saturated carbocycles. The summed E-state index contributed by atoms with van der Waals surface area (Å²) in [6.07, 6.45) is -2.72. The smallest absolute Gasteiger partial charge is 0.394 e. The van der Waals surface area contributed by atoms with Gasteiger partial charge in [-0.25, -0.2) is 19.5 Å². The molecule has 2 aromatic heterocycles. The number of anilines is 1. The Morgan fingerprint density at radius 3 is 2.78 bits per heavy atom. The maximum Gasteiger partial charge on any atom is 0.470 e. The molecule has 0 spiro atoms. The van der Waals surface area contributed by atoms with Crippen LogP contribution in [0.25, 0.3) is 11.2 Å². The zero-order valence-corrected chi connectivity index (χ0v) is 12.4. The van der Waals surface area contributed by atoms with Gasteiger partial charge < -0.3 is 30.5 Å². The predicted octanol–water partition coefficient (Wildman–Crippen LogP) is -1.86. The number of fused-ring (bicyclic) bond motifs is 1. The normalized spacial score (nSPS) is 28.5. The fourth-order valence-electron chi connectivity index (χ4n) is 2.42. The summed E-state index contributed by atoms with van der Waals surface area (Å²) in [5.74, 6) is 0.110. The van der Waals surface area contributed by atoms with Crippen LogP contribution in [-0.4, -0.2) is 64.4 Å². The first kappa shape index (κ1) is 16.2. The molecule has 12 nitrogen and oxygen atoms in total. The molecular weight excluding hydrogens is 333 g/mol. The zero-order chi connectivity index (χ0) is 16.8. The fraction of sp³-hybridized carbons (Fsp3) is 0.500. The van der Waals surface area contributed by atoms with Crippen molar-refractivity contribution >= 4 is 24.8 Å². The van der Waals surface area contributed by atoms with E-state index in [-0.39, 0.29) is 17.0 Å². The lowest BCUT2D eigenvalue weighted by atomic mass is 10.1. The van der Waals surface area contributed by atoms with E-state index in [2.05, 4.69) is 19.5 Å². The van der Waals surface area contributed by atoms with Gasteiger partial charge in [-0.2, -0.15) is 0 Å². The van der Waals surface area contributed by atoms with Crippen molar-refractivity contribution in [3.63, 3.8) is 0 Å². The van der Waals surface area contributed by atoms with Crippen LogP contribution in [0.2, 0.25) is 0 Å². The molecule has 0 unspecified atom stereocenters. The summed E-state index contributed by atoms with van der Waals surface area (Å²) in [5, 5.41) is 19.3. The third-order valence-electron chi connectivity index (χ3n) is 3.41. The first-order valence-electron chi connectivity index (χ1n) is 6.43. The second kappa shape index (κ2) is 5.76. The summed E-state index contributed by atoms with van der Waals surface area (Å²) in [4.78, 5) is 29.8. The third-order valence-corrected chi connectivity index (χ3v) is 3.93. The number of aliphatic hydroxyl groups is 2. The molecule has 126 valence electrons. The average molecular weight is 347 g/mol. The van der Waals surface area contributed by atoms with Crippen molar-refractivity contribution in [3.8, 4) is 0 Å². The van der Waals surface area contributed by atoms with Crippen molar-refractivity contribution in [1.29, 1.82) is 0 Å². The van der Waals surface area contributed by atoms with E-state index in [9.17, 15) is 14.8 Å². The van der Waals surface area contributed by atoms with E-state index < -0.39 is 39.0 Å². The molecule has 0 amide bonds. The first-order chi connectivity index (χ1) is 10.8. The highest BCUT2D eigenvalue weighted by Crippen LogP contribution is 2.45. The molecule has 1 saturated heterocycles. The third kappa shape index (κ3) is 2.93. The lowest BCUT2D eigenvalue weighted by Crippen LogP contribution is -2.34. The van der Waals surface area contributed by atoms with Gasteiger partial charge in [-0.05, 0) is 0 Å². The Balaban J connectivity index is 2.04. The summed E-state index contributed by atoms with van der Waals surface area (Å²) in [5.41, 5.74) is 6.16. The van der Waals surface area contributed by atoms with Gasteiger partial charge in [0.25, 0.3) is 0 Å². The van der Waals surface area contributed by atoms with Crippen molar-refractivity contribution in [3.05, 3.63) is 12.7 Å². The number of hydrogen-bond donors (Lipinski definition) is 5. The molecule has 3 rings (SSSR count). The molecule has 1 aliphatic rings. The minimum atomic E-state index is -4.91. The van der Waals surface area contributed by atoms with Crippen LogP contribution in [0.1, 0.15) is 6.23 Å². The van der Waals surface area contributed by atoms with Gasteiger partial charge in [0.05, 0.1) is 12.9 Å². The highest BCUT2D eigenvalue weighted by atomic mass is 31.2. The molecule has 0 aromatic carbocycles. The number of rotatable bonds is 4. The summed E-state index contributed by atoms with van der Waals surface area (Å²) in [7, 11) is -4.91. The Hall–Kier alpha value is -1.66. The average Bonchev–Trinajstić information content (AvgIpc) is 3.01. The van der Waals surface area contributed by atoms with Crippen LogP contribution in [0.4, 0.5) is 5.82 Å². The Kier molecular flexibility index (Phi) is 4.06. The van der Waals surface area contributed by atoms with E-state index in [0.717, 1.165) is 0 Å².